The Kier molecular flexibility index (Phi) is 4.79. The summed E-state index contributed by atoms with van der Waals surface area (Å²) in [6.07, 6.45) is 3.13. The molecule has 0 bridgehead atoms. The molecule has 0 aromatic carbocycles. The van der Waals surface area contributed by atoms with Crippen LogP contribution >= 0.6 is 0 Å². The van der Waals surface area contributed by atoms with Gasteiger partial charge in [-0.15, -0.1) is 0 Å². The molecule has 2 rings (SSSR count). The number of urea groups is 1. The molecule has 5 nitrogen and oxygen atoms in total. The van der Waals surface area contributed by atoms with Gasteiger partial charge in [-0.3, -0.25) is 4.79 Å². The lowest BCUT2D eigenvalue weighted by Crippen LogP contribution is -2.47. The number of carboxylic acids is 1. The Balaban J connectivity index is 1.82. The average Bonchev–Trinajstić information content (AvgIpc) is 2.84. The molecule has 0 aliphatic carbocycles. The van der Waals surface area contributed by atoms with Crippen LogP contribution in [0, 0.1) is 17.3 Å². The second kappa shape index (κ2) is 6.24. The van der Waals surface area contributed by atoms with Crippen molar-refractivity contribution in [2.75, 3.05) is 26.2 Å². The van der Waals surface area contributed by atoms with E-state index in [9.17, 15) is 9.59 Å². The Morgan fingerprint density at radius 2 is 1.62 bits per heavy atom. The number of hydrogen-bond acceptors (Lipinski definition) is 2. The van der Waals surface area contributed by atoms with E-state index in [0.29, 0.717) is 24.4 Å². The van der Waals surface area contributed by atoms with Crippen LogP contribution in [0.15, 0.2) is 0 Å². The third-order valence-electron chi connectivity index (χ3n) is 5.01. The first kappa shape index (κ1) is 16.1. The summed E-state index contributed by atoms with van der Waals surface area (Å²) in [5, 5.41) is 8.84. The van der Waals surface area contributed by atoms with Crippen molar-refractivity contribution in [2.45, 2.75) is 46.5 Å². The van der Waals surface area contributed by atoms with E-state index in [1.165, 1.54) is 0 Å². The van der Waals surface area contributed by atoms with E-state index in [1.807, 2.05) is 9.80 Å². The number of likely N-dealkylation sites (tertiary alicyclic amines) is 2. The Hall–Kier alpha value is -1.26. The van der Waals surface area contributed by atoms with Gasteiger partial charge < -0.3 is 14.9 Å². The molecule has 1 unspecified atom stereocenters. The first-order valence-electron chi connectivity index (χ1n) is 8.03. The predicted molar refractivity (Wildman–Crippen MR) is 81.1 cm³/mol. The third kappa shape index (κ3) is 4.11. The number of hydrogen-bond donors (Lipinski definition) is 1. The van der Waals surface area contributed by atoms with E-state index in [4.69, 9.17) is 5.11 Å². The lowest BCUT2D eigenvalue weighted by Gasteiger charge is -2.39. The first-order valence-corrected chi connectivity index (χ1v) is 8.03. The first-order chi connectivity index (χ1) is 9.77. The van der Waals surface area contributed by atoms with Crippen molar-refractivity contribution in [1.82, 2.24) is 9.80 Å². The Morgan fingerprint density at radius 1 is 1.05 bits per heavy atom. The van der Waals surface area contributed by atoms with E-state index < -0.39 is 5.97 Å². The maximum atomic E-state index is 12.5. The number of carbonyl (C=O) groups is 2. The number of aliphatic carboxylic acids is 1. The van der Waals surface area contributed by atoms with Gasteiger partial charge >= 0.3 is 12.0 Å². The summed E-state index contributed by atoms with van der Waals surface area (Å²) in [6, 6.07) is 0.107. The molecule has 1 atom stereocenters. The van der Waals surface area contributed by atoms with Gasteiger partial charge in [0.05, 0.1) is 0 Å². The highest BCUT2D eigenvalue weighted by molar-refractivity contribution is 5.75. The molecular weight excluding hydrogens is 268 g/mol. The quantitative estimate of drug-likeness (QED) is 0.852. The van der Waals surface area contributed by atoms with Crippen LogP contribution in [0.4, 0.5) is 4.79 Å². The second-order valence-electron chi connectivity index (χ2n) is 7.61. The van der Waals surface area contributed by atoms with Gasteiger partial charge in [0.15, 0.2) is 0 Å². The summed E-state index contributed by atoms with van der Waals surface area (Å²) in [5.41, 5.74) is 0.315. The maximum absolute atomic E-state index is 12.5. The van der Waals surface area contributed by atoms with E-state index >= 15 is 0 Å². The van der Waals surface area contributed by atoms with Crippen molar-refractivity contribution in [3.05, 3.63) is 0 Å². The van der Waals surface area contributed by atoms with Crippen molar-refractivity contribution >= 4 is 12.0 Å². The van der Waals surface area contributed by atoms with Crippen LogP contribution in [-0.4, -0.2) is 53.1 Å². The largest absolute Gasteiger partial charge is 0.481 e. The molecule has 120 valence electrons. The minimum absolute atomic E-state index is 0.107. The SMILES string of the molecule is CC(C)(C)C1CCN(C(=O)N2CCC(CC(=O)O)C2)CC1. The highest BCUT2D eigenvalue weighted by Crippen LogP contribution is 2.34. The van der Waals surface area contributed by atoms with Gasteiger partial charge in [-0.05, 0) is 36.5 Å². The zero-order valence-corrected chi connectivity index (χ0v) is 13.5. The van der Waals surface area contributed by atoms with Crippen LogP contribution < -0.4 is 0 Å². The fraction of sp³-hybridized carbons (Fsp3) is 0.875. The summed E-state index contributed by atoms with van der Waals surface area (Å²) in [4.78, 5) is 27.0. The summed E-state index contributed by atoms with van der Waals surface area (Å²) < 4.78 is 0. The fourth-order valence-electron chi connectivity index (χ4n) is 3.56. The number of piperidine rings is 1. The molecule has 0 radical (unpaired) electrons. The molecule has 0 aromatic heterocycles. The Labute approximate surface area is 127 Å². The van der Waals surface area contributed by atoms with Gasteiger partial charge in [0.25, 0.3) is 0 Å². The summed E-state index contributed by atoms with van der Waals surface area (Å²) in [7, 11) is 0. The number of carboxylic acid groups (broad SMARTS) is 1. The van der Waals surface area contributed by atoms with Crippen LogP contribution in [0.1, 0.15) is 46.5 Å². The van der Waals surface area contributed by atoms with Crippen LogP contribution in [0.25, 0.3) is 0 Å². The molecule has 5 heteroatoms. The minimum atomic E-state index is -0.764. The van der Waals surface area contributed by atoms with Crippen molar-refractivity contribution in [1.29, 1.82) is 0 Å². The molecule has 2 saturated heterocycles. The van der Waals surface area contributed by atoms with E-state index in [2.05, 4.69) is 20.8 Å². The van der Waals surface area contributed by atoms with Crippen molar-refractivity contribution in [3.8, 4) is 0 Å². The zero-order valence-electron chi connectivity index (χ0n) is 13.5. The third-order valence-corrected chi connectivity index (χ3v) is 5.01. The van der Waals surface area contributed by atoms with Crippen LogP contribution in [0.5, 0.6) is 0 Å². The van der Waals surface area contributed by atoms with Gasteiger partial charge in [-0.1, -0.05) is 20.8 Å². The monoisotopic (exact) mass is 296 g/mol. The maximum Gasteiger partial charge on any atom is 0.320 e. The lowest BCUT2D eigenvalue weighted by molar-refractivity contribution is -0.138. The summed E-state index contributed by atoms with van der Waals surface area (Å²) in [6.45, 7) is 9.78. The number of carbonyl (C=O) groups excluding carboxylic acids is 1. The molecule has 21 heavy (non-hydrogen) atoms. The normalized spacial score (nSPS) is 24.4. The second-order valence-corrected chi connectivity index (χ2v) is 7.61. The molecule has 2 heterocycles. The van der Waals surface area contributed by atoms with Crippen LogP contribution in [-0.2, 0) is 4.79 Å². The number of amides is 2. The van der Waals surface area contributed by atoms with Gasteiger partial charge in [-0.25, -0.2) is 4.79 Å². The molecule has 2 aliphatic rings. The Morgan fingerprint density at radius 3 is 2.14 bits per heavy atom. The zero-order chi connectivity index (χ0) is 15.6. The summed E-state index contributed by atoms with van der Waals surface area (Å²) in [5.74, 6) is 0.0405. The molecular formula is C16H28N2O3. The minimum Gasteiger partial charge on any atom is -0.481 e. The van der Waals surface area contributed by atoms with Crippen molar-refractivity contribution < 1.29 is 14.7 Å². The molecule has 0 aromatic rings. The smallest absolute Gasteiger partial charge is 0.320 e. The number of nitrogens with zero attached hydrogens (tertiary/aromatic N) is 2. The van der Waals surface area contributed by atoms with Crippen molar-refractivity contribution in [3.63, 3.8) is 0 Å². The van der Waals surface area contributed by atoms with Crippen LogP contribution in [0.3, 0.4) is 0 Å². The van der Waals surface area contributed by atoms with E-state index in [0.717, 1.165) is 32.4 Å². The highest BCUT2D eigenvalue weighted by atomic mass is 16.4. The lowest BCUT2D eigenvalue weighted by atomic mass is 9.75. The van der Waals surface area contributed by atoms with Gasteiger partial charge in [0, 0.05) is 32.6 Å². The molecule has 1 N–H and O–H groups in total. The fourth-order valence-corrected chi connectivity index (χ4v) is 3.56. The Bertz CT molecular complexity index is 395. The standard InChI is InChI=1S/C16H28N2O3/c1-16(2,3)13-5-8-17(9-6-13)15(21)18-7-4-12(11-18)10-14(19)20/h12-13H,4-11H2,1-3H3,(H,19,20). The van der Waals surface area contributed by atoms with Gasteiger partial charge in [0.2, 0.25) is 0 Å². The van der Waals surface area contributed by atoms with Gasteiger partial charge in [-0.2, -0.15) is 0 Å². The van der Waals surface area contributed by atoms with Crippen LogP contribution in [0.2, 0.25) is 0 Å². The highest BCUT2D eigenvalue weighted by Gasteiger charge is 2.34. The molecule has 2 aliphatic heterocycles. The van der Waals surface area contributed by atoms with Crippen molar-refractivity contribution in [2.24, 2.45) is 17.3 Å². The predicted octanol–water partition coefficient (Wildman–Crippen LogP) is 2.66. The number of rotatable bonds is 2. The topological polar surface area (TPSA) is 60.9 Å². The van der Waals surface area contributed by atoms with E-state index in [1.54, 1.807) is 0 Å². The average molecular weight is 296 g/mol. The molecule has 0 spiro atoms. The molecule has 2 fully saturated rings. The van der Waals surface area contributed by atoms with Gasteiger partial charge in [0.1, 0.15) is 0 Å². The molecule has 2 amide bonds. The summed E-state index contributed by atoms with van der Waals surface area (Å²) >= 11 is 0. The van der Waals surface area contributed by atoms with E-state index in [-0.39, 0.29) is 18.4 Å². The molecule has 0 saturated carbocycles.